The number of hydrogen-bond acceptors (Lipinski definition) is 13. The van der Waals surface area contributed by atoms with Gasteiger partial charge in [-0.2, -0.15) is 0 Å². The van der Waals surface area contributed by atoms with Crippen LogP contribution in [-0.2, 0) is 62.4 Å². The zero-order chi connectivity index (χ0) is 70.1. The van der Waals surface area contributed by atoms with Gasteiger partial charge in [0.1, 0.15) is 11.5 Å². The Labute approximate surface area is 565 Å². The minimum atomic E-state index is -1.24. The number of unbranched alkanes of at least 4 members (excludes halogenated alkanes) is 12. The number of H-pyrrole nitrogens is 1. The van der Waals surface area contributed by atoms with Crippen molar-refractivity contribution >= 4 is 64.5 Å². The summed E-state index contributed by atoms with van der Waals surface area (Å²) in [4.78, 5) is 144. The highest BCUT2D eigenvalue weighted by Gasteiger charge is 2.36. The van der Waals surface area contributed by atoms with Gasteiger partial charge in [0.15, 0.2) is 35.1 Å². The van der Waals surface area contributed by atoms with Crippen LogP contribution in [0.1, 0.15) is 226 Å². The van der Waals surface area contributed by atoms with Crippen molar-refractivity contribution in [2.75, 3.05) is 13.1 Å². The maximum absolute atomic E-state index is 15.1. The number of hydrogen-bond donors (Lipinski definition) is 10. The molecule has 0 fully saturated rings. The van der Waals surface area contributed by atoms with Gasteiger partial charge in [-0.15, -0.1) is 0 Å². The zero-order valence-electron chi connectivity index (χ0n) is 58.1. The second-order valence-electron chi connectivity index (χ2n) is 26.8. The average molecular weight is 1320 g/mol. The molecular formula is C73H116N12O10. The van der Waals surface area contributed by atoms with E-state index in [-0.39, 0.29) is 131 Å². The topological polar surface area (TPSA) is 379 Å². The number of carbonyl (C=O) groups is 9. The van der Waals surface area contributed by atoms with Crippen molar-refractivity contribution in [1.29, 1.82) is 0 Å². The van der Waals surface area contributed by atoms with Crippen LogP contribution < -0.4 is 44.2 Å². The highest BCUT2D eigenvalue weighted by atomic mass is 16.3. The summed E-state index contributed by atoms with van der Waals surface area (Å²) in [6.07, 6.45) is 19.5. The van der Waals surface area contributed by atoms with E-state index in [2.05, 4.69) is 48.1 Å². The Hall–Kier alpha value is -7.78. The van der Waals surface area contributed by atoms with Gasteiger partial charge in [0.2, 0.25) is 23.6 Å². The van der Waals surface area contributed by atoms with E-state index in [4.69, 9.17) is 22.9 Å². The molecule has 0 saturated carbocycles. The Balaban J connectivity index is 1.90. The molecular weight excluding hydrogens is 1200 g/mol. The second kappa shape index (κ2) is 46.4. The monoisotopic (exact) mass is 1320 g/mol. The van der Waals surface area contributed by atoms with Crippen molar-refractivity contribution in [3.63, 3.8) is 0 Å². The van der Waals surface area contributed by atoms with Gasteiger partial charge in [-0.3, -0.25) is 53.1 Å². The molecule has 0 saturated heterocycles. The first-order valence-electron chi connectivity index (χ1n) is 35.1. The van der Waals surface area contributed by atoms with Gasteiger partial charge in [0.05, 0.1) is 30.5 Å². The Kier molecular flexibility index (Phi) is 39.7. The van der Waals surface area contributed by atoms with E-state index in [9.17, 15) is 43.5 Å². The quantitative estimate of drug-likeness (QED) is 0.0143. The number of imidazole rings is 1. The zero-order valence-corrected chi connectivity index (χ0v) is 58.1. The number of nitrogens with two attached hydrogens (primary N) is 4. The van der Waals surface area contributed by atoms with E-state index in [0.717, 1.165) is 25.7 Å². The average Bonchev–Trinajstić information content (AvgIpc) is 0.928. The molecule has 0 aliphatic rings. The molecule has 0 aliphatic heterocycles. The number of aromatic amines is 1. The van der Waals surface area contributed by atoms with Crippen molar-refractivity contribution in [2.24, 2.45) is 68.4 Å². The fourth-order valence-electron chi connectivity index (χ4n) is 12.0. The van der Waals surface area contributed by atoms with Crippen LogP contribution in [-0.4, -0.2) is 117 Å². The molecule has 8 atom stereocenters. The number of amides is 4. The summed E-state index contributed by atoms with van der Waals surface area (Å²) in [7, 11) is 0. The molecule has 0 radical (unpaired) electrons. The molecule has 0 unspecified atom stereocenters. The summed E-state index contributed by atoms with van der Waals surface area (Å²) in [5.41, 5.74) is 24.5. The van der Waals surface area contributed by atoms with Crippen molar-refractivity contribution in [1.82, 2.24) is 31.2 Å². The van der Waals surface area contributed by atoms with Crippen LogP contribution in [0.2, 0.25) is 0 Å². The van der Waals surface area contributed by atoms with Crippen molar-refractivity contribution in [2.45, 2.75) is 252 Å². The number of nitrogens with zero attached hydrogens (tertiary/aromatic N) is 3. The van der Waals surface area contributed by atoms with Gasteiger partial charge in [0.25, 0.3) is 0 Å². The van der Waals surface area contributed by atoms with E-state index < -0.39 is 95.2 Å². The van der Waals surface area contributed by atoms with Gasteiger partial charge in [-0.1, -0.05) is 161 Å². The van der Waals surface area contributed by atoms with Crippen LogP contribution in [0.3, 0.4) is 0 Å². The minimum Gasteiger partial charge on any atom is -0.508 e. The normalized spacial score (nSPS) is 13.9. The SMILES string of the molecule is CCCCCCCCCCCCCCCC(=O)C[C@@H](CC(C)C)C(=O)N[C@@H](C)C(=O)C[C@@H](Cc1ccc(O)cc1)C(=O)N[C@@H](Cc1ccccc1)C(=O)C[C@@H](CCCN=C(N)N)C(=O)N[C@@H](CCCN=C(N)N)C(=O)C[C@@H](CC(C)C)C(=O)N[C@@H](Cc1cnc[nH]1)C(=O)CC. The maximum atomic E-state index is 15.1. The first-order chi connectivity index (χ1) is 45.4. The van der Waals surface area contributed by atoms with Crippen LogP contribution in [0, 0.1) is 35.5 Å². The molecule has 3 rings (SSSR count). The molecule has 22 heteroatoms. The number of carbonyl (C=O) groups excluding carboxylic acids is 9. The number of aromatic hydroxyl groups is 1. The standard InChI is InChI=1S/C73H116N12O10/c1-8-10-11-12-13-14-15-16-17-18-19-20-24-30-60(87)42-55(38-49(3)4)69(93)82-51(7)65(89)44-57(40-53-32-34-59(86)35-33-53)71(95)84-62(41-52-27-22-21-23-28-52)67(91)43-54(29-25-36-79-72(74)75)68(92)83-61(31-26-37-80-73(76)77)66(90)45-56(39-50(5)6)70(94)85-63(64(88)9-2)46-58-47-78-48-81-58/h21-23,27-28,32-35,47-51,54-57,61-63,86H,8-20,24-26,29-31,36-46H2,1-7H3,(H,78,81)(H,82,93)(H,83,92)(H,84,95)(H,85,94)(H4,74,75,79)(H4,76,77,80)/t51-,54+,55+,56+,57+,61-,62-,63-/m0/s1. The van der Waals surface area contributed by atoms with Crippen LogP contribution in [0.25, 0.3) is 0 Å². The number of guanidine groups is 2. The van der Waals surface area contributed by atoms with Gasteiger partial charge >= 0.3 is 0 Å². The number of aromatic nitrogens is 2. The first-order valence-corrected chi connectivity index (χ1v) is 35.1. The summed E-state index contributed by atoms with van der Waals surface area (Å²) in [6.45, 7) is 13.5. The number of Topliss-reactive ketones (excluding diaryl/α,β-unsaturated/α-hetero) is 5. The molecule has 2 aromatic carbocycles. The lowest BCUT2D eigenvalue weighted by atomic mass is 9.87. The van der Waals surface area contributed by atoms with Gasteiger partial charge in [-0.25, -0.2) is 4.98 Å². The molecule has 0 aliphatic carbocycles. The van der Waals surface area contributed by atoms with E-state index >= 15 is 4.79 Å². The minimum absolute atomic E-state index is 0.00513. The van der Waals surface area contributed by atoms with Gasteiger partial charge in [0, 0.05) is 93.6 Å². The number of ketones is 5. The summed E-state index contributed by atoms with van der Waals surface area (Å²) in [5.74, 6) is -7.96. The number of rotatable bonds is 53. The lowest BCUT2D eigenvalue weighted by Gasteiger charge is -2.27. The van der Waals surface area contributed by atoms with Crippen LogP contribution in [0.5, 0.6) is 5.75 Å². The molecule has 528 valence electrons. The maximum Gasteiger partial charge on any atom is 0.224 e. The predicted molar refractivity (Wildman–Crippen MR) is 374 cm³/mol. The molecule has 3 aromatic rings. The smallest absolute Gasteiger partial charge is 0.224 e. The summed E-state index contributed by atoms with van der Waals surface area (Å²) < 4.78 is 0. The predicted octanol–water partition coefficient (Wildman–Crippen LogP) is 9.06. The van der Waals surface area contributed by atoms with Crippen LogP contribution in [0.15, 0.2) is 77.1 Å². The fraction of sp³-hybridized carbons (Fsp3) is 0.644. The third-order valence-corrected chi connectivity index (χ3v) is 17.3. The molecule has 1 aromatic heterocycles. The molecule has 1 heterocycles. The van der Waals surface area contributed by atoms with E-state index in [0.29, 0.717) is 29.7 Å². The molecule has 0 bridgehead atoms. The number of nitrogens with one attached hydrogen (secondary N) is 5. The Morgan fingerprint density at radius 2 is 0.947 bits per heavy atom. The van der Waals surface area contributed by atoms with Crippen LogP contribution >= 0.6 is 0 Å². The molecule has 0 spiro atoms. The van der Waals surface area contributed by atoms with Crippen molar-refractivity contribution in [3.05, 3.63) is 83.9 Å². The molecule has 95 heavy (non-hydrogen) atoms. The van der Waals surface area contributed by atoms with Crippen molar-refractivity contribution < 1.29 is 48.3 Å². The fourth-order valence-corrected chi connectivity index (χ4v) is 12.0. The molecule has 4 amide bonds. The van der Waals surface area contributed by atoms with E-state index in [1.54, 1.807) is 62.5 Å². The van der Waals surface area contributed by atoms with Crippen molar-refractivity contribution in [3.8, 4) is 5.75 Å². The third-order valence-electron chi connectivity index (χ3n) is 17.3. The van der Waals surface area contributed by atoms with Gasteiger partial charge in [-0.05, 0) is 99.8 Å². The summed E-state index contributed by atoms with van der Waals surface area (Å²) in [6, 6.07) is 10.8. The van der Waals surface area contributed by atoms with Gasteiger partial charge < -0.3 is 54.3 Å². The number of benzene rings is 2. The highest BCUT2D eigenvalue weighted by molar-refractivity contribution is 5.98. The largest absolute Gasteiger partial charge is 0.508 e. The summed E-state index contributed by atoms with van der Waals surface area (Å²) >= 11 is 0. The lowest BCUT2D eigenvalue weighted by Crippen LogP contribution is -2.49. The highest BCUT2D eigenvalue weighted by Crippen LogP contribution is 2.25. The number of phenolic OH excluding ortho intramolecular Hbond substituents is 1. The van der Waals surface area contributed by atoms with E-state index in [1.807, 2.05) is 27.7 Å². The Bertz CT molecular complexity index is 2840. The Morgan fingerprint density at radius 3 is 1.48 bits per heavy atom. The third kappa shape index (κ3) is 35.0. The summed E-state index contributed by atoms with van der Waals surface area (Å²) in [5, 5.41) is 21.8. The number of phenols is 1. The number of aliphatic imine (C=N–C) groups is 2. The first kappa shape index (κ1) is 81.5. The second-order valence-corrected chi connectivity index (χ2v) is 26.8. The molecule has 22 nitrogen and oxygen atoms in total. The lowest BCUT2D eigenvalue weighted by molar-refractivity contribution is -0.136. The van der Waals surface area contributed by atoms with E-state index in [1.165, 1.54) is 76.2 Å². The molecule has 14 N–H and O–H groups in total. The van der Waals surface area contributed by atoms with Crippen LogP contribution in [0.4, 0.5) is 0 Å². The Morgan fingerprint density at radius 1 is 0.484 bits per heavy atom.